The van der Waals surface area contributed by atoms with E-state index in [0.717, 1.165) is 41.9 Å². The lowest BCUT2D eigenvalue weighted by molar-refractivity contribution is 0.241. The standard InChI is InChI=1S/C21H26N6O/c1-15-18-11-16(24-20(28)23-13-21(2)9-10-26(3)14-21)12-22-19(18)27(25-15)17-7-5-4-6-8-17/h4-8,11-12H,9-10,13-14H2,1-3H3,(H2,23,24,28). The molecule has 4 rings (SSSR count). The van der Waals surface area contributed by atoms with Crippen LogP contribution in [0.2, 0.25) is 0 Å². The Balaban J connectivity index is 1.48. The molecule has 7 nitrogen and oxygen atoms in total. The molecular weight excluding hydrogens is 352 g/mol. The van der Waals surface area contributed by atoms with Gasteiger partial charge in [0.05, 0.1) is 23.3 Å². The summed E-state index contributed by atoms with van der Waals surface area (Å²) < 4.78 is 1.83. The molecule has 0 radical (unpaired) electrons. The molecule has 146 valence electrons. The summed E-state index contributed by atoms with van der Waals surface area (Å²) in [5, 5.41) is 11.4. The molecule has 0 aliphatic carbocycles. The first-order valence-corrected chi connectivity index (χ1v) is 9.58. The number of para-hydroxylation sites is 1. The van der Waals surface area contributed by atoms with Crippen molar-refractivity contribution in [2.75, 3.05) is 32.0 Å². The zero-order chi connectivity index (χ0) is 19.7. The van der Waals surface area contributed by atoms with E-state index in [2.05, 4.69) is 39.6 Å². The van der Waals surface area contributed by atoms with E-state index >= 15 is 0 Å². The fourth-order valence-electron chi connectivity index (χ4n) is 3.85. The largest absolute Gasteiger partial charge is 0.337 e. The third kappa shape index (κ3) is 3.71. The highest BCUT2D eigenvalue weighted by atomic mass is 16.2. The molecule has 1 atom stereocenters. The number of aromatic nitrogens is 3. The van der Waals surface area contributed by atoms with E-state index in [4.69, 9.17) is 0 Å². The van der Waals surface area contributed by atoms with Crippen molar-refractivity contribution in [2.45, 2.75) is 20.3 Å². The maximum absolute atomic E-state index is 12.4. The van der Waals surface area contributed by atoms with Crippen molar-refractivity contribution in [1.82, 2.24) is 25.0 Å². The highest BCUT2D eigenvalue weighted by molar-refractivity contribution is 5.92. The maximum atomic E-state index is 12.4. The van der Waals surface area contributed by atoms with Crippen LogP contribution in [-0.2, 0) is 0 Å². The molecule has 1 saturated heterocycles. The molecule has 1 aromatic carbocycles. The SMILES string of the molecule is Cc1nn(-c2ccccc2)c2ncc(NC(=O)NCC3(C)CCN(C)C3)cc12. The van der Waals surface area contributed by atoms with Gasteiger partial charge in [-0.1, -0.05) is 25.1 Å². The number of pyridine rings is 1. The van der Waals surface area contributed by atoms with Crippen LogP contribution >= 0.6 is 0 Å². The fourth-order valence-corrected chi connectivity index (χ4v) is 3.85. The smallest absolute Gasteiger partial charge is 0.319 e. The number of likely N-dealkylation sites (tertiary alicyclic amines) is 1. The van der Waals surface area contributed by atoms with Crippen LogP contribution in [0.5, 0.6) is 0 Å². The summed E-state index contributed by atoms with van der Waals surface area (Å²) in [5.41, 5.74) is 3.39. The van der Waals surface area contributed by atoms with Gasteiger partial charge in [0.2, 0.25) is 0 Å². The zero-order valence-electron chi connectivity index (χ0n) is 16.6. The Bertz CT molecular complexity index is 999. The van der Waals surface area contributed by atoms with Crippen molar-refractivity contribution in [2.24, 2.45) is 5.41 Å². The van der Waals surface area contributed by atoms with Gasteiger partial charge >= 0.3 is 6.03 Å². The summed E-state index contributed by atoms with van der Waals surface area (Å²) >= 11 is 0. The van der Waals surface area contributed by atoms with Crippen LogP contribution in [0.15, 0.2) is 42.6 Å². The molecule has 2 N–H and O–H groups in total. The number of carbonyl (C=O) groups excluding carboxylic acids is 1. The average molecular weight is 378 g/mol. The summed E-state index contributed by atoms with van der Waals surface area (Å²) in [6, 6.07) is 11.6. The van der Waals surface area contributed by atoms with Gasteiger partial charge in [0.25, 0.3) is 0 Å². The monoisotopic (exact) mass is 378 g/mol. The van der Waals surface area contributed by atoms with Crippen LogP contribution in [-0.4, -0.2) is 52.4 Å². The van der Waals surface area contributed by atoms with Crippen molar-refractivity contribution in [3.63, 3.8) is 0 Å². The second kappa shape index (κ2) is 7.24. The Kier molecular flexibility index (Phi) is 4.77. The Morgan fingerprint density at radius 2 is 2.07 bits per heavy atom. The molecule has 0 spiro atoms. The predicted octanol–water partition coefficient (Wildman–Crippen LogP) is 3.19. The number of hydrogen-bond acceptors (Lipinski definition) is 4. The van der Waals surface area contributed by atoms with Crippen molar-refractivity contribution >= 4 is 22.8 Å². The van der Waals surface area contributed by atoms with E-state index < -0.39 is 0 Å². The number of nitrogens with zero attached hydrogens (tertiary/aromatic N) is 4. The Morgan fingerprint density at radius 1 is 1.29 bits per heavy atom. The van der Waals surface area contributed by atoms with Crippen molar-refractivity contribution in [3.8, 4) is 5.69 Å². The Morgan fingerprint density at radius 3 is 2.79 bits per heavy atom. The molecule has 3 heterocycles. The fraction of sp³-hybridized carbons (Fsp3) is 0.381. The molecule has 2 amide bonds. The molecule has 3 aromatic rings. The van der Waals surface area contributed by atoms with Crippen LogP contribution in [0.1, 0.15) is 19.0 Å². The molecule has 0 bridgehead atoms. The van der Waals surface area contributed by atoms with Gasteiger partial charge in [-0.3, -0.25) is 0 Å². The van der Waals surface area contributed by atoms with Gasteiger partial charge in [-0.15, -0.1) is 0 Å². The first-order chi connectivity index (χ1) is 13.4. The van der Waals surface area contributed by atoms with Gasteiger partial charge in [-0.05, 0) is 50.6 Å². The summed E-state index contributed by atoms with van der Waals surface area (Å²) in [4.78, 5) is 19.2. The van der Waals surface area contributed by atoms with E-state index in [1.54, 1.807) is 6.20 Å². The number of urea groups is 1. The van der Waals surface area contributed by atoms with Crippen LogP contribution in [0, 0.1) is 12.3 Å². The number of nitrogens with one attached hydrogen (secondary N) is 2. The van der Waals surface area contributed by atoms with Gasteiger partial charge in [0.15, 0.2) is 5.65 Å². The van der Waals surface area contributed by atoms with Gasteiger partial charge in [0.1, 0.15) is 0 Å². The quantitative estimate of drug-likeness (QED) is 0.731. The van der Waals surface area contributed by atoms with Crippen LogP contribution in [0.3, 0.4) is 0 Å². The average Bonchev–Trinajstić information content (AvgIpc) is 3.20. The first-order valence-electron chi connectivity index (χ1n) is 9.58. The second-order valence-corrected chi connectivity index (χ2v) is 8.03. The highest BCUT2D eigenvalue weighted by Crippen LogP contribution is 2.28. The summed E-state index contributed by atoms with van der Waals surface area (Å²) in [7, 11) is 2.12. The number of carbonyl (C=O) groups is 1. The van der Waals surface area contributed by atoms with E-state index in [9.17, 15) is 4.79 Å². The lowest BCUT2D eigenvalue weighted by Gasteiger charge is -2.24. The second-order valence-electron chi connectivity index (χ2n) is 8.03. The van der Waals surface area contributed by atoms with Crippen LogP contribution in [0.25, 0.3) is 16.7 Å². The summed E-state index contributed by atoms with van der Waals surface area (Å²) in [6.07, 6.45) is 2.77. The number of aryl methyl sites for hydroxylation is 1. The van der Waals surface area contributed by atoms with Crippen molar-refractivity contribution in [1.29, 1.82) is 0 Å². The molecule has 1 aliphatic rings. The number of rotatable bonds is 4. The van der Waals surface area contributed by atoms with Gasteiger partial charge < -0.3 is 15.5 Å². The van der Waals surface area contributed by atoms with Crippen molar-refractivity contribution in [3.05, 3.63) is 48.3 Å². The number of fused-ring (bicyclic) bond motifs is 1. The van der Waals surface area contributed by atoms with Gasteiger partial charge in [-0.25, -0.2) is 14.5 Å². The molecule has 1 aliphatic heterocycles. The minimum Gasteiger partial charge on any atom is -0.337 e. The Labute approximate surface area is 164 Å². The molecule has 2 aromatic heterocycles. The third-order valence-electron chi connectivity index (χ3n) is 5.39. The molecular formula is C21H26N6O. The van der Waals surface area contributed by atoms with Crippen LogP contribution in [0.4, 0.5) is 10.5 Å². The molecule has 7 heteroatoms. The molecule has 28 heavy (non-hydrogen) atoms. The number of amides is 2. The topological polar surface area (TPSA) is 75.1 Å². The minimum absolute atomic E-state index is 0.127. The minimum atomic E-state index is -0.204. The van der Waals surface area contributed by atoms with E-state index in [0.29, 0.717) is 12.2 Å². The Hall–Kier alpha value is -2.93. The highest BCUT2D eigenvalue weighted by Gasteiger charge is 2.32. The summed E-state index contributed by atoms with van der Waals surface area (Å²) in [5.74, 6) is 0. The van der Waals surface area contributed by atoms with Crippen LogP contribution < -0.4 is 10.6 Å². The van der Waals surface area contributed by atoms with E-state index in [1.807, 2.05) is 48.0 Å². The lowest BCUT2D eigenvalue weighted by atomic mass is 9.90. The lowest BCUT2D eigenvalue weighted by Crippen LogP contribution is -2.39. The first kappa shape index (κ1) is 18.4. The molecule has 1 unspecified atom stereocenters. The van der Waals surface area contributed by atoms with Crippen molar-refractivity contribution < 1.29 is 4.79 Å². The normalized spacial score (nSPS) is 19.8. The number of hydrogen-bond donors (Lipinski definition) is 2. The van der Waals surface area contributed by atoms with Gasteiger partial charge in [-0.2, -0.15) is 5.10 Å². The van der Waals surface area contributed by atoms with E-state index in [1.165, 1.54) is 0 Å². The third-order valence-corrected chi connectivity index (χ3v) is 5.39. The zero-order valence-corrected chi connectivity index (χ0v) is 16.6. The van der Waals surface area contributed by atoms with E-state index in [-0.39, 0.29) is 11.4 Å². The summed E-state index contributed by atoms with van der Waals surface area (Å²) in [6.45, 7) is 6.89. The molecule has 1 fully saturated rings. The molecule has 0 saturated carbocycles. The predicted molar refractivity (Wildman–Crippen MR) is 111 cm³/mol. The van der Waals surface area contributed by atoms with Gasteiger partial charge in [0, 0.05) is 18.5 Å². The maximum Gasteiger partial charge on any atom is 0.319 e. The number of benzene rings is 1. The number of anilines is 1.